The molecule has 33 heavy (non-hydrogen) atoms. The van der Waals surface area contributed by atoms with Gasteiger partial charge in [0.1, 0.15) is 17.2 Å². The van der Waals surface area contributed by atoms with Crippen LogP contribution in [0.4, 0.5) is 10.5 Å². The number of nitrogens with zero attached hydrogens (tertiary/aromatic N) is 5. The number of nitrogens with one attached hydrogen (secondary N) is 1. The summed E-state index contributed by atoms with van der Waals surface area (Å²) in [4.78, 5) is 22.8. The summed E-state index contributed by atoms with van der Waals surface area (Å²) in [7, 11) is -3.98. The summed E-state index contributed by atoms with van der Waals surface area (Å²) in [5.74, 6) is 1.49. The van der Waals surface area contributed by atoms with Gasteiger partial charge in [0.05, 0.1) is 5.52 Å². The van der Waals surface area contributed by atoms with Crippen molar-refractivity contribution in [1.29, 1.82) is 0 Å². The number of aryl methyl sites for hydroxylation is 1. The Bertz CT molecular complexity index is 1270. The van der Waals surface area contributed by atoms with Crippen LogP contribution in [0.1, 0.15) is 26.6 Å². The van der Waals surface area contributed by atoms with E-state index >= 15 is 0 Å². The molecule has 1 aliphatic rings. The zero-order valence-electron chi connectivity index (χ0n) is 19.1. The van der Waals surface area contributed by atoms with E-state index in [2.05, 4.69) is 14.9 Å². The van der Waals surface area contributed by atoms with Crippen molar-refractivity contribution in [2.45, 2.75) is 33.3 Å². The van der Waals surface area contributed by atoms with Gasteiger partial charge in [-0.2, -0.15) is 12.7 Å². The summed E-state index contributed by atoms with van der Waals surface area (Å²) in [6.07, 6.45) is 2.73. The van der Waals surface area contributed by atoms with Crippen LogP contribution in [0, 0.1) is 6.92 Å². The first-order valence-electron chi connectivity index (χ1n) is 10.7. The highest BCUT2D eigenvalue weighted by Crippen LogP contribution is 2.30. The maximum Gasteiger partial charge on any atom is 0.422 e. The van der Waals surface area contributed by atoms with Gasteiger partial charge in [0.2, 0.25) is 0 Å². The normalized spacial score (nSPS) is 15.6. The highest BCUT2D eigenvalue weighted by atomic mass is 32.2. The molecule has 1 fully saturated rings. The van der Waals surface area contributed by atoms with Crippen LogP contribution >= 0.6 is 0 Å². The van der Waals surface area contributed by atoms with Crippen LogP contribution in [0.3, 0.4) is 0 Å². The van der Waals surface area contributed by atoms with Gasteiger partial charge in [-0.05, 0) is 52.0 Å². The lowest BCUT2D eigenvalue weighted by atomic mass is 10.2. The molecule has 10 nitrogen and oxygen atoms in total. The predicted octanol–water partition coefficient (Wildman–Crippen LogP) is 2.62. The Morgan fingerprint density at radius 3 is 2.48 bits per heavy atom. The third-order valence-corrected chi connectivity index (χ3v) is 6.72. The fourth-order valence-electron chi connectivity index (χ4n) is 3.84. The van der Waals surface area contributed by atoms with Crippen molar-refractivity contribution in [2.75, 3.05) is 31.1 Å². The number of ether oxygens (including phenoxy) is 1. The number of piperazine rings is 1. The Balaban J connectivity index is 1.49. The lowest BCUT2D eigenvalue weighted by molar-refractivity contribution is 0.0567. The molecule has 1 saturated heterocycles. The van der Waals surface area contributed by atoms with E-state index in [0.29, 0.717) is 18.9 Å². The molecule has 11 heteroatoms. The number of amides is 1. The second-order valence-corrected chi connectivity index (χ2v) is 10.5. The van der Waals surface area contributed by atoms with E-state index in [1.54, 1.807) is 27.0 Å². The summed E-state index contributed by atoms with van der Waals surface area (Å²) in [5.41, 5.74) is 1.25. The van der Waals surface area contributed by atoms with E-state index in [0.717, 1.165) is 22.4 Å². The minimum absolute atomic E-state index is 0.250. The van der Waals surface area contributed by atoms with Crippen molar-refractivity contribution >= 4 is 32.9 Å². The highest BCUT2D eigenvalue weighted by Gasteiger charge is 2.30. The fourth-order valence-corrected chi connectivity index (χ4v) is 4.87. The van der Waals surface area contributed by atoms with E-state index in [1.165, 1.54) is 4.31 Å². The molecule has 3 aromatic rings. The third-order valence-electron chi connectivity index (χ3n) is 5.25. The third kappa shape index (κ3) is 5.09. The van der Waals surface area contributed by atoms with Gasteiger partial charge in [0.25, 0.3) is 0 Å². The van der Waals surface area contributed by atoms with Crippen molar-refractivity contribution in [1.82, 2.24) is 23.6 Å². The number of rotatable bonds is 4. The van der Waals surface area contributed by atoms with Crippen molar-refractivity contribution in [2.24, 2.45) is 0 Å². The average Bonchev–Trinajstić information content (AvgIpc) is 3.16. The molecule has 3 heterocycles. The standard InChI is InChI=1S/C22H28N6O4S/c1-16-23-10-8-20(24-16)28-11-9-17-18(6-5-7-19(17)28)26-12-14-27(15-13-26)33(30,31)25-21(29)32-22(2,3)4/h5-11H,12-15H2,1-4H3,(H,25,29). The van der Waals surface area contributed by atoms with Crippen LogP contribution in [0.25, 0.3) is 16.7 Å². The zero-order chi connectivity index (χ0) is 23.8. The molecular weight excluding hydrogens is 444 g/mol. The molecule has 0 atom stereocenters. The lowest BCUT2D eigenvalue weighted by Crippen LogP contribution is -2.53. The minimum atomic E-state index is -3.98. The van der Waals surface area contributed by atoms with Crippen molar-refractivity contribution in [3.05, 3.63) is 48.5 Å². The molecule has 1 aliphatic heterocycles. The summed E-state index contributed by atoms with van der Waals surface area (Å²) in [6, 6.07) is 9.94. The van der Waals surface area contributed by atoms with E-state index in [9.17, 15) is 13.2 Å². The van der Waals surface area contributed by atoms with Crippen molar-refractivity contribution in [3.63, 3.8) is 0 Å². The van der Waals surface area contributed by atoms with Crippen LogP contribution in [0.2, 0.25) is 0 Å². The first-order valence-corrected chi connectivity index (χ1v) is 12.1. The predicted molar refractivity (Wildman–Crippen MR) is 126 cm³/mol. The Morgan fingerprint density at radius 2 is 1.82 bits per heavy atom. The number of hydrogen-bond acceptors (Lipinski definition) is 7. The molecule has 0 radical (unpaired) electrons. The molecule has 4 rings (SSSR count). The van der Waals surface area contributed by atoms with Gasteiger partial charge in [-0.25, -0.2) is 19.5 Å². The van der Waals surface area contributed by atoms with Crippen molar-refractivity contribution in [3.8, 4) is 5.82 Å². The first-order chi connectivity index (χ1) is 15.5. The van der Waals surface area contributed by atoms with Gasteiger partial charge >= 0.3 is 16.3 Å². The molecular formula is C22H28N6O4S. The van der Waals surface area contributed by atoms with Crippen LogP contribution in [0.15, 0.2) is 42.7 Å². The molecule has 176 valence electrons. The quantitative estimate of drug-likeness (QED) is 0.622. The second kappa shape index (κ2) is 8.64. The Morgan fingerprint density at radius 1 is 1.09 bits per heavy atom. The number of carbonyl (C=O) groups excluding carboxylic acids is 1. The topological polar surface area (TPSA) is 110 Å². The summed E-state index contributed by atoms with van der Waals surface area (Å²) >= 11 is 0. The number of carbonyl (C=O) groups is 1. The molecule has 1 N–H and O–H groups in total. The number of anilines is 1. The Hall–Kier alpha value is -3.18. The maximum absolute atomic E-state index is 12.6. The van der Waals surface area contributed by atoms with Gasteiger partial charge in [-0.15, -0.1) is 0 Å². The fraction of sp³-hybridized carbons (Fsp3) is 0.409. The first kappa shape index (κ1) is 23.0. The van der Waals surface area contributed by atoms with E-state index in [-0.39, 0.29) is 13.1 Å². The van der Waals surface area contributed by atoms with E-state index in [1.807, 2.05) is 52.7 Å². The van der Waals surface area contributed by atoms with Gasteiger partial charge in [-0.1, -0.05) is 6.07 Å². The lowest BCUT2D eigenvalue weighted by Gasteiger charge is -2.35. The number of aromatic nitrogens is 3. The molecule has 2 aromatic heterocycles. The van der Waals surface area contributed by atoms with Crippen LogP contribution < -0.4 is 9.62 Å². The summed E-state index contributed by atoms with van der Waals surface area (Å²) in [6.45, 7) is 8.37. The van der Waals surface area contributed by atoms with Crippen LogP contribution in [0.5, 0.6) is 0 Å². The van der Waals surface area contributed by atoms with Crippen LogP contribution in [-0.4, -0.2) is 65.1 Å². The number of hydrogen-bond donors (Lipinski definition) is 1. The minimum Gasteiger partial charge on any atom is -0.443 e. The second-order valence-electron chi connectivity index (χ2n) is 8.85. The van der Waals surface area contributed by atoms with Crippen molar-refractivity contribution < 1.29 is 17.9 Å². The molecule has 0 unspecified atom stereocenters. The molecule has 0 spiro atoms. The van der Waals surface area contributed by atoms with E-state index in [4.69, 9.17) is 4.74 Å². The zero-order valence-corrected chi connectivity index (χ0v) is 20.0. The molecule has 0 aliphatic carbocycles. The van der Waals surface area contributed by atoms with Gasteiger partial charge in [0, 0.05) is 49.6 Å². The smallest absolute Gasteiger partial charge is 0.422 e. The number of benzene rings is 1. The average molecular weight is 473 g/mol. The molecule has 0 bridgehead atoms. The molecule has 0 saturated carbocycles. The number of fused-ring (bicyclic) bond motifs is 1. The monoisotopic (exact) mass is 472 g/mol. The Kier molecular flexibility index (Phi) is 6.02. The largest absolute Gasteiger partial charge is 0.443 e. The van der Waals surface area contributed by atoms with Gasteiger partial charge in [0.15, 0.2) is 0 Å². The van der Waals surface area contributed by atoms with E-state index < -0.39 is 21.9 Å². The molecule has 1 amide bonds. The SMILES string of the molecule is Cc1nccc(-n2ccc3c(N4CCN(S(=O)(=O)NC(=O)OC(C)(C)C)CC4)cccc32)n1. The maximum atomic E-state index is 12.6. The molecule has 1 aromatic carbocycles. The Labute approximate surface area is 193 Å². The summed E-state index contributed by atoms with van der Waals surface area (Å²) < 4.78 is 35.6. The van der Waals surface area contributed by atoms with Gasteiger partial charge in [-0.3, -0.25) is 0 Å². The van der Waals surface area contributed by atoms with Crippen LogP contribution in [-0.2, 0) is 14.9 Å². The summed E-state index contributed by atoms with van der Waals surface area (Å²) in [5, 5.41) is 1.05. The van der Waals surface area contributed by atoms with Gasteiger partial charge < -0.3 is 14.2 Å². The highest BCUT2D eigenvalue weighted by molar-refractivity contribution is 7.87.